The summed E-state index contributed by atoms with van der Waals surface area (Å²) in [6.45, 7) is -0.101. The summed E-state index contributed by atoms with van der Waals surface area (Å²) in [4.78, 5) is 12.6. The van der Waals surface area contributed by atoms with Crippen molar-refractivity contribution in [3.63, 3.8) is 0 Å². The third-order valence-electron chi connectivity index (χ3n) is 4.75. The molecule has 0 aliphatic rings. The molecule has 0 bridgehead atoms. The monoisotopic (exact) mass is 450 g/mol. The van der Waals surface area contributed by atoms with Crippen LogP contribution >= 0.6 is 0 Å². The van der Waals surface area contributed by atoms with E-state index in [9.17, 15) is 17.6 Å². The summed E-state index contributed by atoms with van der Waals surface area (Å²) in [7, 11) is -3.81. The van der Waals surface area contributed by atoms with Gasteiger partial charge >= 0.3 is 0 Å². The van der Waals surface area contributed by atoms with Gasteiger partial charge in [-0.2, -0.15) is 5.10 Å². The maximum atomic E-state index is 13.4. The molecule has 0 saturated carbocycles. The zero-order valence-corrected chi connectivity index (χ0v) is 17.6. The average molecular weight is 450 g/mol. The van der Waals surface area contributed by atoms with E-state index in [2.05, 4.69) is 10.4 Å². The summed E-state index contributed by atoms with van der Waals surface area (Å²) in [5.41, 5.74) is 3.35. The maximum absolute atomic E-state index is 13.4. The molecule has 0 radical (unpaired) electrons. The van der Waals surface area contributed by atoms with Crippen LogP contribution in [0.25, 0.3) is 22.5 Å². The number of aromatic nitrogens is 2. The molecule has 4 rings (SSSR count). The number of primary sulfonamides is 1. The fourth-order valence-electron chi connectivity index (χ4n) is 3.20. The van der Waals surface area contributed by atoms with Gasteiger partial charge in [0, 0.05) is 16.8 Å². The Hall–Kier alpha value is -3.82. The molecule has 9 heteroatoms. The van der Waals surface area contributed by atoms with Crippen LogP contribution in [-0.2, 0) is 21.4 Å². The van der Waals surface area contributed by atoms with E-state index in [1.54, 1.807) is 16.8 Å². The van der Waals surface area contributed by atoms with Gasteiger partial charge in [0.2, 0.25) is 15.9 Å². The lowest BCUT2D eigenvalue weighted by atomic mass is 10.1. The largest absolute Gasteiger partial charge is 0.324 e. The second-order valence-electron chi connectivity index (χ2n) is 7.06. The van der Waals surface area contributed by atoms with Gasteiger partial charge in [0.1, 0.15) is 12.4 Å². The van der Waals surface area contributed by atoms with E-state index in [1.807, 2.05) is 36.4 Å². The number of amides is 1. The van der Waals surface area contributed by atoms with Crippen molar-refractivity contribution in [3.05, 3.63) is 90.7 Å². The first-order chi connectivity index (χ1) is 15.3. The molecule has 1 aromatic heterocycles. The third kappa shape index (κ3) is 4.90. The third-order valence-corrected chi connectivity index (χ3v) is 5.68. The van der Waals surface area contributed by atoms with Gasteiger partial charge in [0.05, 0.1) is 16.3 Å². The van der Waals surface area contributed by atoms with Gasteiger partial charge in [-0.15, -0.1) is 0 Å². The van der Waals surface area contributed by atoms with E-state index in [0.29, 0.717) is 22.6 Å². The van der Waals surface area contributed by atoms with E-state index in [4.69, 9.17) is 5.14 Å². The minimum atomic E-state index is -3.81. The van der Waals surface area contributed by atoms with E-state index in [1.165, 1.54) is 36.4 Å². The van der Waals surface area contributed by atoms with Gasteiger partial charge in [-0.3, -0.25) is 9.48 Å². The number of anilines is 1. The van der Waals surface area contributed by atoms with E-state index in [-0.39, 0.29) is 23.2 Å². The van der Waals surface area contributed by atoms with Gasteiger partial charge < -0.3 is 5.32 Å². The molecule has 162 valence electrons. The number of carbonyl (C=O) groups excluding carboxylic acids is 1. The Morgan fingerprint density at radius 1 is 0.938 bits per heavy atom. The fourth-order valence-corrected chi connectivity index (χ4v) is 3.72. The molecule has 0 aliphatic heterocycles. The quantitative estimate of drug-likeness (QED) is 0.468. The van der Waals surface area contributed by atoms with Gasteiger partial charge in [-0.1, -0.05) is 30.3 Å². The second-order valence-corrected chi connectivity index (χ2v) is 8.62. The lowest BCUT2D eigenvalue weighted by Crippen LogP contribution is -2.20. The van der Waals surface area contributed by atoms with Crippen LogP contribution in [-0.4, -0.2) is 24.1 Å². The molecule has 32 heavy (non-hydrogen) atoms. The normalized spacial score (nSPS) is 11.3. The average Bonchev–Trinajstić information content (AvgIpc) is 3.18. The standard InChI is InChI=1S/C23H19FN4O3S/c24-18-8-6-17(7-9-18)22-14-21(16-4-2-1-3-5-16)27-28(22)15-23(29)26-19-10-12-20(13-11-19)32(25,30)31/h1-14H,15H2,(H,26,29)(H2,25,30,31). The molecular formula is C23H19FN4O3S. The fraction of sp³-hybridized carbons (Fsp3) is 0.0435. The number of hydrogen-bond acceptors (Lipinski definition) is 4. The summed E-state index contributed by atoms with van der Waals surface area (Å²) in [6.07, 6.45) is 0. The number of hydrogen-bond donors (Lipinski definition) is 2. The number of carbonyl (C=O) groups is 1. The topological polar surface area (TPSA) is 107 Å². The van der Waals surface area contributed by atoms with Crippen LogP contribution in [0.3, 0.4) is 0 Å². The summed E-state index contributed by atoms with van der Waals surface area (Å²) in [6, 6.07) is 22.8. The highest BCUT2D eigenvalue weighted by atomic mass is 32.2. The highest BCUT2D eigenvalue weighted by Crippen LogP contribution is 2.26. The molecule has 3 aromatic carbocycles. The lowest BCUT2D eigenvalue weighted by Gasteiger charge is -2.09. The molecule has 0 spiro atoms. The van der Waals surface area contributed by atoms with E-state index >= 15 is 0 Å². The SMILES string of the molecule is NS(=O)(=O)c1ccc(NC(=O)Cn2nc(-c3ccccc3)cc2-c2ccc(F)cc2)cc1. The van der Waals surface area contributed by atoms with E-state index in [0.717, 1.165) is 5.56 Å². The first kappa shape index (κ1) is 21.4. The predicted molar refractivity (Wildman–Crippen MR) is 120 cm³/mol. The van der Waals surface area contributed by atoms with Gasteiger partial charge in [0.15, 0.2) is 0 Å². The molecular weight excluding hydrogens is 431 g/mol. The number of nitrogens with zero attached hydrogens (tertiary/aromatic N) is 2. The van der Waals surface area contributed by atoms with Crippen molar-refractivity contribution in [3.8, 4) is 22.5 Å². The summed E-state index contributed by atoms with van der Waals surface area (Å²) < 4.78 is 37.7. The molecule has 0 saturated heterocycles. The number of halogens is 1. The molecule has 4 aromatic rings. The second kappa shape index (κ2) is 8.74. The minimum absolute atomic E-state index is 0.0475. The molecule has 1 heterocycles. The van der Waals surface area contributed by atoms with Crippen molar-refractivity contribution < 1.29 is 17.6 Å². The molecule has 3 N–H and O–H groups in total. The Balaban J connectivity index is 1.61. The predicted octanol–water partition coefficient (Wildman–Crippen LogP) is 3.64. The number of nitrogens with one attached hydrogen (secondary N) is 1. The Morgan fingerprint density at radius 2 is 1.59 bits per heavy atom. The van der Waals surface area contributed by atoms with Crippen LogP contribution in [0.5, 0.6) is 0 Å². The number of sulfonamides is 1. The van der Waals surface area contributed by atoms with Crippen LogP contribution in [0.2, 0.25) is 0 Å². The Bertz CT molecular complexity index is 1350. The highest BCUT2D eigenvalue weighted by Gasteiger charge is 2.15. The summed E-state index contributed by atoms with van der Waals surface area (Å²) in [5, 5.41) is 12.4. The minimum Gasteiger partial charge on any atom is -0.324 e. The Morgan fingerprint density at radius 3 is 2.22 bits per heavy atom. The van der Waals surface area contributed by atoms with Crippen molar-refractivity contribution in [1.82, 2.24) is 9.78 Å². The molecule has 0 unspecified atom stereocenters. The van der Waals surface area contributed by atoms with Crippen molar-refractivity contribution in [2.24, 2.45) is 5.14 Å². The van der Waals surface area contributed by atoms with Crippen molar-refractivity contribution in [1.29, 1.82) is 0 Å². The Labute approximate surface area is 184 Å². The molecule has 0 atom stereocenters. The van der Waals surface area contributed by atoms with Crippen molar-refractivity contribution >= 4 is 21.6 Å². The molecule has 1 amide bonds. The summed E-state index contributed by atoms with van der Waals surface area (Å²) >= 11 is 0. The molecule has 0 fully saturated rings. The smallest absolute Gasteiger partial charge is 0.246 e. The lowest BCUT2D eigenvalue weighted by molar-refractivity contribution is -0.116. The van der Waals surface area contributed by atoms with Crippen LogP contribution < -0.4 is 10.5 Å². The van der Waals surface area contributed by atoms with Crippen molar-refractivity contribution in [2.45, 2.75) is 11.4 Å². The molecule has 7 nitrogen and oxygen atoms in total. The van der Waals surface area contributed by atoms with Crippen molar-refractivity contribution in [2.75, 3.05) is 5.32 Å². The van der Waals surface area contributed by atoms with Crippen LogP contribution in [0, 0.1) is 5.82 Å². The van der Waals surface area contributed by atoms with Gasteiger partial charge in [-0.25, -0.2) is 17.9 Å². The number of rotatable bonds is 6. The van der Waals surface area contributed by atoms with Crippen LogP contribution in [0.1, 0.15) is 0 Å². The highest BCUT2D eigenvalue weighted by molar-refractivity contribution is 7.89. The van der Waals surface area contributed by atoms with E-state index < -0.39 is 10.0 Å². The first-order valence-electron chi connectivity index (χ1n) is 9.61. The maximum Gasteiger partial charge on any atom is 0.246 e. The zero-order valence-electron chi connectivity index (χ0n) is 16.8. The number of nitrogens with two attached hydrogens (primary N) is 1. The summed E-state index contributed by atoms with van der Waals surface area (Å²) in [5.74, 6) is -0.719. The number of benzene rings is 3. The van der Waals surface area contributed by atoms with Crippen LogP contribution in [0.4, 0.5) is 10.1 Å². The first-order valence-corrected chi connectivity index (χ1v) is 11.2. The Kier molecular flexibility index (Phi) is 5.85. The van der Waals surface area contributed by atoms with Gasteiger partial charge in [0.25, 0.3) is 0 Å². The zero-order chi connectivity index (χ0) is 22.7. The van der Waals surface area contributed by atoms with Gasteiger partial charge in [-0.05, 0) is 54.6 Å². The molecule has 0 aliphatic carbocycles. The van der Waals surface area contributed by atoms with Crippen LogP contribution in [0.15, 0.2) is 89.8 Å².